The van der Waals surface area contributed by atoms with Crippen molar-refractivity contribution < 1.29 is 17.9 Å². The Kier molecular flexibility index (Phi) is 6.78. The number of guanidine groups is 1. The maximum absolute atomic E-state index is 12.0. The van der Waals surface area contributed by atoms with Crippen molar-refractivity contribution in [2.24, 2.45) is 10.9 Å². The topological polar surface area (TPSA) is 101 Å². The summed E-state index contributed by atoms with van der Waals surface area (Å²) in [6.07, 6.45) is 4.25. The summed E-state index contributed by atoms with van der Waals surface area (Å²) in [4.78, 5) is 4.13. The summed E-state index contributed by atoms with van der Waals surface area (Å²) >= 11 is 0. The van der Waals surface area contributed by atoms with Crippen LogP contribution in [0.15, 0.2) is 23.2 Å². The number of hydrogen-bond donors (Lipinski definition) is 3. The van der Waals surface area contributed by atoms with E-state index in [0.29, 0.717) is 31.5 Å². The van der Waals surface area contributed by atoms with E-state index in [1.54, 1.807) is 7.05 Å². The second kappa shape index (κ2) is 9.27. The first kappa shape index (κ1) is 19.8. The smallest absolute Gasteiger partial charge is 0.231 e. The molecule has 1 saturated carbocycles. The van der Waals surface area contributed by atoms with Crippen molar-refractivity contribution in [3.05, 3.63) is 23.8 Å². The molecule has 0 atom stereocenters. The second-order valence-electron chi connectivity index (χ2n) is 6.83. The van der Waals surface area contributed by atoms with Gasteiger partial charge in [-0.15, -0.1) is 0 Å². The van der Waals surface area contributed by atoms with Gasteiger partial charge in [0.25, 0.3) is 0 Å². The van der Waals surface area contributed by atoms with E-state index in [-0.39, 0.29) is 12.5 Å². The Morgan fingerprint density at radius 3 is 2.70 bits per heavy atom. The lowest BCUT2D eigenvalue weighted by Crippen LogP contribution is -2.42. The average Bonchev–Trinajstić information content (AvgIpc) is 3.06. The molecular weight excluding hydrogens is 368 g/mol. The fourth-order valence-corrected chi connectivity index (χ4v) is 3.96. The first-order chi connectivity index (χ1) is 13.1. The molecule has 1 aromatic rings. The Labute approximate surface area is 160 Å². The van der Waals surface area contributed by atoms with Crippen LogP contribution in [0.25, 0.3) is 0 Å². The predicted molar refractivity (Wildman–Crippen MR) is 105 cm³/mol. The summed E-state index contributed by atoms with van der Waals surface area (Å²) in [5.74, 6) is 2.68. The third-order valence-electron chi connectivity index (χ3n) is 4.85. The van der Waals surface area contributed by atoms with Crippen LogP contribution >= 0.6 is 0 Å². The molecule has 8 nitrogen and oxygen atoms in total. The Bertz CT molecular complexity index is 763. The number of hydrogen-bond acceptors (Lipinski definition) is 5. The van der Waals surface area contributed by atoms with Crippen molar-refractivity contribution in [1.29, 1.82) is 0 Å². The molecule has 0 saturated heterocycles. The standard InChI is InChI=1S/C18H28N4O4S/c1-19-18(21-9-10-27(23,24)22-12-15-3-2-4-15)20-8-7-14-5-6-16-17(11-14)26-13-25-16/h5-6,11,15,22H,2-4,7-10,12-13H2,1H3,(H2,19,20,21). The van der Waals surface area contributed by atoms with Gasteiger partial charge in [0.05, 0.1) is 5.75 Å². The quantitative estimate of drug-likeness (QED) is 0.422. The Balaban J connectivity index is 1.34. The molecule has 2 aliphatic rings. The molecule has 3 N–H and O–H groups in total. The molecule has 27 heavy (non-hydrogen) atoms. The van der Waals surface area contributed by atoms with Crippen LogP contribution in [0, 0.1) is 5.92 Å². The van der Waals surface area contributed by atoms with Gasteiger partial charge >= 0.3 is 0 Å². The molecule has 1 fully saturated rings. The molecule has 0 unspecified atom stereocenters. The van der Waals surface area contributed by atoms with Gasteiger partial charge < -0.3 is 20.1 Å². The van der Waals surface area contributed by atoms with Gasteiger partial charge in [-0.3, -0.25) is 4.99 Å². The maximum atomic E-state index is 12.0. The van der Waals surface area contributed by atoms with E-state index in [4.69, 9.17) is 9.47 Å². The number of fused-ring (bicyclic) bond motifs is 1. The van der Waals surface area contributed by atoms with Gasteiger partial charge in [0.2, 0.25) is 16.8 Å². The Morgan fingerprint density at radius 2 is 1.96 bits per heavy atom. The van der Waals surface area contributed by atoms with Gasteiger partial charge in [0.1, 0.15) is 0 Å². The van der Waals surface area contributed by atoms with Crippen LogP contribution < -0.4 is 24.8 Å². The minimum atomic E-state index is -3.25. The lowest BCUT2D eigenvalue weighted by molar-refractivity contribution is 0.174. The van der Waals surface area contributed by atoms with Crippen molar-refractivity contribution >= 4 is 16.0 Å². The van der Waals surface area contributed by atoms with E-state index in [9.17, 15) is 8.42 Å². The molecule has 0 aromatic heterocycles. The highest BCUT2D eigenvalue weighted by atomic mass is 32.2. The third kappa shape index (κ3) is 6.00. The molecule has 1 aromatic carbocycles. The van der Waals surface area contributed by atoms with Crippen molar-refractivity contribution in [2.75, 3.05) is 39.2 Å². The van der Waals surface area contributed by atoms with Gasteiger partial charge in [-0.25, -0.2) is 13.1 Å². The zero-order valence-corrected chi connectivity index (χ0v) is 16.5. The highest BCUT2D eigenvalue weighted by Crippen LogP contribution is 2.32. The van der Waals surface area contributed by atoms with E-state index in [1.165, 1.54) is 6.42 Å². The Hall–Kier alpha value is -2.00. The zero-order chi connectivity index (χ0) is 19.1. The average molecular weight is 397 g/mol. The lowest BCUT2D eigenvalue weighted by atomic mass is 9.86. The van der Waals surface area contributed by atoms with E-state index in [2.05, 4.69) is 20.3 Å². The fraction of sp³-hybridized carbons (Fsp3) is 0.611. The highest BCUT2D eigenvalue weighted by Gasteiger charge is 2.20. The van der Waals surface area contributed by atoms with Crippen LogP contribution in [0.1, 0.15) is 24.8 Å². The summed E-state index contributed by atoms with van der Waals surface area (Å²) < 4.78 is 37.4. The maximum Gasteiger partial charge on any atom is 0.231 e. The molecule has 9 heteroatoms. The van der Waals surface area contributed by atoms with Crippen molar-refractivity contribution in [3.63, 3.8) is 0 Å². The van der Waals surface area contributed by atoms with E-state index >= 15 is 0 Å². The molecule has 1 aliphatic carbocycles. The summed E-state index contributed by atoms with van der Waals surface area (Å²) in [7, 11) is -1.58. The van der Waals surface area contributed by atoms with Crippen LogP contribution in [0.2, 0.25) is 0 Å². The summed E-state index contributed by atoms with van der Waals surface area (Å²) in [6, 6.07) is 5.89. The molecule has 0 radical (unpaired) electrons. The second-order valence-corrected chi connectivity index (χ2v) is 8.75. The molecule has 0 spiro atoms. The zero-order valence-electron chi connectivity index (χ0n) is 15.7. The number of sulfonamides is 1. The van der Waals surface area contributed by atoms with Crippen molar-refractivity contribution in [3.8, 4) is 11.5 Å². The molecule has 1 aliphatic heterocycles. The van der Waals surface area contributed by atoms with Crippen LogP contribution in [-0.2, 0) is 16.4 Å². The fourth-order valence-electron chi connectivity index (χ4n) is 2.96. The first-order valence-corrected chi connectivity index (χ1v) is 11.0. The van der Waals surface area contributed by atoms with Gasteiger partial charge in [0, 0.05) is 26.7 Å². The van der Waals surface area contributed by atoms with Crippen LogP contribution in [0.3, 0.4) is 0 Å². The van der Waals surface area contributed by atoms with E-state index in [1.807, 2.05) is 18.2 Å². The van der Waals surface area contributed by atoms with Crippen molar-refractivity contribution in [2.45, 2.75) is 25.7 Å². The number of benzene rings is 1. The third-order valence-corrected chi connectivity index (χ3v) is 6.19. The number of aliphatic imine (C=N–C) groups is 1. The van der Waals surface area contributed by atoms with Crippen LogP contribution in [-0.4, -0.2) is 53.6 Å². The molecule has 1 heterocycles. The normalized spacial score (nSPS) is 16.9. The molecule has 0 amide bonds. The minimum absolute atomic E-state index is 0.0303. The minimum Gasteiger partial charge on any atom is -0.454 e. The molecular formula is C18H28N4O4S. The number of nitrogens with one attached hydrogen (secondary N) is 3. The SMILES string of the molecule is CN=C(NCCc1ccc2c(c1)OCO2)NCCS(=O)(=O)NCC1CCC1. The van der Waals surface area contributed by atoms with Crippen LogP contribution in [0.5, 0.6) is 11.5 Å². The summed E-state index contributed by atoms with van der Waals surface area (Å²) in [5.41, 5.74) is 1.13. The number of rotatable bonds is 9. The van der Waals surface area contributed by atoms with Crippen molar-refractivity contribution in [1.82, 2.24) is 15.4 Å². The molecule has 0 bridgehead atoms. The van der Waals surface area contributed by atoms with Gasteiger partial charge in [0.15, 0.2) is 17.5 Å². The van der Waals surface area contributed by atoms with Gasteiger partial charge in [-0.2, -0.15) is 0 Å². The lowest BCUT2D eigenvalue weighted by Gasteiger charge is -2.25. The van der Waals surface area contributed by atoms with E-state index in [0.717, 1.165) is 36.3 Å². The van der Waals surface area contributed by atoms with E-state index < -0.39 is 10.0 Å². The molecule has 150 valence electrons. The van der Waals surface area contributed by atoms with Crippen LogP contribution in [0.4, 0.5) is 0 Å². The monoisotopic (exact) mass is 396 g/mol. The molecule has 3 rings (SSSR count). The van der Waals surface area contributed by atoms with Gasteiger partial charge in [-0.1, -0.05) is 12.5 Å². The Morgan fingerprint density at radius 1 is 1.19 bits per heavy atom. The number of nitrogens with zero attached hydrogens (tertiary/aromatic N) is 1. The highest BCUT2D eigenvalue weighted by molar-refractivity contribution is 7.89. The number of ether oxygens (including phenoxy) is 2. The van der Waals surface area contributed by atoms with Gasteiger partial charge in [-0.05, 0) is 42.9 Å². The summed E-state index contributed by atoms with van der Waals surface area (Å²) in [5, 5.41) is 6.24. The largest absolute Gasteiger partial charge is 0.454 e. The predicted octanol–water partition coefficient (Wildman–Crippen LogP) is 0.842. The first-order valence-electron chi connectivity index (χ1n) is 9.36. The summed E-state index contributed by atoms with van der Waals surface area (Å²) in [6.45, 7) is 1.81.